The summed E-state index contributed by atoms with van der Waals surface area (Å²) in [6.07, 6.45) is -1.73. The maximum atomic E-state index is 15.6. The molecule has 7 heteroatoms. The lowest BCUT2D eigenvalue weighted by Crippen LogP contribution is -2.62. The fourth-order valence-electron chi connectivity index (χ4n) is 4.64. The van der Waals surface area contributed by atoms with Gasteiger partial charge in [0, 0.05) is 14.0 Å². The maximum Gasteiger partial charge on any atom is 0.274 e. The molecule has 0 aromatic carbocycles. The largest absolute Gasteiger partial charge is 0.378 e. The molecule has 0 N–H and O–H groups in total. The minimum atomic E-state index is -3.54. The van der Waals surface area contributed by atoms with Crippen LogP contribution in [0.4, 0.5) is 17.6 Å². The van der Waals surface area contributed by atoms with E-state index in [1.54, 1.807) is 0 Å². The second-order valence-corrected chi connectivity index (χ2v) is 7.73. The molecule has 0 aromatic heterocycles. The summed E-state index contributed by atoms with van der Waals surface area (Å²) in [4.78, 5) is 0. The highest BCUT2D eigenvalue weighted by atomic mass is 19.3. The molecule has 24 heavy (non-hydrogen) atoms. The molecule has 0 amide bonds. The Balaban J connectivity index is 2.44. The molecule has 1 saturated carbocycles. The van der Waals surface area contributed by atoms with Crippen molar-refractivity contribution in [3.8, 4) is 0 Å². The molecule has 1 aliphatic carbocycles. The van der Waals surface area contributed by atoms with Gasteiger partial charge in [-0.25, -0.2) is 17.6 Å². The fraction of sp³-hybridized carbons (Fsp3) is 1.00. The summed E-state index contributed by atoms with van der Waals surface area (Å²) in [6, 6.07) is 0. The van der Waals surface area contributed by atoms with E-state index in [0.29, 0.717) is 19.8 Å². The third-order valence-corrected chi connectivity index (χ3v) is 5.25. The van der Waals surface area contributed by atoms with Gasteiger partial charge in [0.05, 0.1) is 24.9 Å². The molecule has 6 unspecified atom stereocenters. The molecule has 2 fully saturated rings. The zero-order chi connectivity index (χ0) is 18.2. The summed E-state index contributed by atoms with van der Waals surface area (Å²) in [5, 5.41) is 0. The Bertz CT molecular complexity index is 431. The minimum absolute atomic E-state index is 0.0720. The summed E-state index contributed by atoms with van der Waals surface area (Å²) < 4.78 is 73.5. The van der Waals surface area contributed by atoms with E-state index in [0.717, 1.165) is 6.42 Å². The Kier molecular flexibility index (Phi) is 5.87. The predicted molar refractivity (Wildman–Crippen MR) is 81.8 cm³/mol. The number of ether oxygens (including phenoxy) is 3. The number of hydrogen-bond donors (Lipinski definition) is 0. The van der Waals surface area contributed by atoms with Gasteiger partial charge < -0.3 is 14.2 Å². The molecule has 3 nitrogen and oxygen atoms in total. The zero-order valence-electron chi connectivity index (χ0n) is 14.8. The average molecular weight is 356 g/mol. The molecule has 142 valence electrons. The first-order valence-electron chi connectivity index (χ1n) is 8.47. The normalized spacial score (nSPS) is 45.0. The van der Waals surface area contributed by atoms with Gasteiger partial charge in [0.15, 0.2) is 11.8 Å². The van der Waals surface area contributed by atoms with Gasteiger partial charge >= 0.3 is 0 Å². The van der Waals surface area contributed by atoms with Crippen LogP contribution in [0.3, 0.4) is 0 Å². The molecule has 2 rings (SSSR count). The van der Waals surface area contributed by atoms with Crippen molar-refractivity contribution in [2.24, 2.45) is 11.8 Å². The Hall–Kier alpha value is -0.400. The second kappa shape index (κ2) is 7.08. The van der Waals surface area contributed by atoms with Crippen molar-refractivity contribution in [1.82, 2.24) is 0 Å². The smallest absolute Gasteiger partial charge is 0.274 e. The van der Waals surface area contributed by atoms with Gasteiger partial charge in [-0.1, -0.05) is 6.92 Å². The van der Waals surface area contributed by atoms with E-state index < -0.39 is 42.0 Å². The first kappa shape index (κ1) is 19.9. The van der Waals surface area contributed by atoms with Gasteiger partial charge in [-0.05, 0) is 38.0 Å². The van der Waals surface area contributed by atoms with Crippen LogP contribution in [0.1, 0.15) is 40.0 Å². The molecule has 0 spiro atoms. The molecule has 1 aliphatic heterocycles. The van der Waals surface area contributed by atoms with E-state index in [1.807, 2.05) is 13.8 Å². The Morgan fingerprint density at radius 3 is 2.46 bits per heavy atom. The summed E-state index contributed by atoms with van der Waals surface area (Å²) >= 11 is 0. The summed E-state index contributed by atoms with van der Waals surface area (Å²) in [6.45, 7) is 2.75. The SMILES string of the molecule is COC1C2CC(C)CC(C)(C2)OCCOC(C(C)(F)F)C1(F)CF. The lowest BCUT2D eigenvalue weighted by molar-refractivity contribution is -0.247. The summed E-state index contributed by atoms with van der Waals surface area (Å²) in [5.41, 5.74) is -3.42. The van der Waals surface area contributed by atoms with Crippen molar-refractivity contribution in [2.45, 2.75) is 69.4 Å². The van der Waals surface area contributed by atoms with Crippen LogP contribution in [0.15, 0.2) is 0 Å². The van der Waals surface area contributed by atoms with Crippen molar-refractivity contribution < 1.29 is 31.8 Å². The second-order valence-electron chi connectivity index (χ2n) is 7.73. The first-order chi connectivity index (χ1) is 11.1. The number of methoxy groups -OCH3 is 1. The van der Waals surface area contributed by atoms with Crippen molar-refractivity contribution >= 4 is 0 Å². The Morgan fingerprint density at radius 1 is 1.25 bits per heavy atom. The van der Waals surface area contributed by atoms with Gasteiger partial charge in [0.2, 0.25) is 0 Å². The molecule has 0 aromatic rings. The molecular formula is C17H28F4O3. The fourth-order valence-corrected chi connectivity index (χ4v) is 4.64. The lowest BCUT2D eigenvalue weighted by atomic mass is 9.68. The highest BCUT2D eigenvalue weighted by Gasteiger charge is 2.60. The van der Waals surface area contributed by atoms with Crippen LogP contribution in [0.5, 0.6) is 0 Å². The maximum absolute atomic E-state index is 15.6. The predicted octanol–water partition coefficient (Wildman–Crippen LogP) is 3.94. The molecular weight excluding hydrogens is 328 g/mol. The third-order valence-electron chi connectivity index (χ3n) is 5.25. The van der Waals surface area contributed by atoms with Crippen LogP contribution < -0.4 is 0 Å². The van der Waals surface area contributed by atoms with Crippen LogP contribution in [0.25, 0.3) is 0 Å². The molecule has 1 saturated heterocycles. The van der Waals surface area contributed by atoms with E-state index >= 15 is 4.39 Å². The van der Waals surface area contributed by atoms with E-state index in [1.165, 1.54) is 7.11 Å². The van der Waals surface area contributed by atoms with Crippen LogP contribution in [-0.2, 0) is 14.2 Å². The van der Waals surface area contributed by atoms with Gasteiger partial charge in [-0.3, -0.25) is 0 Å². The zero-order valence-corrected chi connectivity index (χ0v) is 14.8. The van der Waals surface area contributed by atoms with E-state index in [4.69, 9.17) is 14.2 Å². The topological polar surface area (TPSA) is 27.7 Å². The number of fused-ring (bicyclic) bond motifs is 2. The third kappa shape index (κ3) is 3.88. The van der Waals surface area contributed by atoms with Crippen molar-refractivity contribution in [1.29, 1.82) is 0 Å². The van der Waals surface area contributed by atoms with Gasteiger partial charge in [-0.15, -0.1) is 0 Å². The Morgan fingerprint density at radius 2 is 1.92 bits per heavy atom. The quantitative estimate of drug-likeness (QED) is 0.717. The molecule has 6 atom stereocenters. The molecule has 2 bridgehead atoms. The highest BCUT2D eigenvalue weighted by molar-refractivity contribution is 5.05. The summed E-state index contributed by atoms with van der Waals surface area (Å²) in [7, 11) is 1.24. The lowest BCUT2D eigenvalue weighted by Gasteiger charge is -2.49. The van der Waals surface area contributed by atoms with E-state index in [-0.39, 0.29) is 19.1 Å². The number of halogens is 4. The van der Waals surface area contributed by atoms with Gasteiger partial charge in [-0.2, -0.15) is 0 Å². The van der Waals surface area contributed by atoms with Crippen molar-refractivity contribution in [2.75, 3.05) is 27.0 Å². The highest BCUT2D eigenvalue weighted by Crippen LogP contribution is 2.47. The number of alkyl halides is 4. The van der Waals surface area contributed by atoms with E-state index in [2.05, 4.69) is 0 Å². The van der Waals surface area contributed by atoms with Crippen LogP contribution in [0, 0.1) is 11.8 Å². The van der Waals surface area contributed by atoms with Crippen LogP contribution >= 0.6 is 0 Å². The van der Waals surface area contributed by atoms with Crippen molar-refractivity contribution in [3.05, 3.63) is 0 Å². The Labute approximate surface area is 141 Å². The van der Waals surface area contributed by atoms with Crippen LogP contribution in [0.2, 0.25) is 0 Å². The van der Waals surface area contributed by atoms with Gasteiger partial charge in [0.1, 0.15) is 6.67 Å². The van der Waals surface area contributed by atoms with Gasteiger partial charge in [0.25, 0.3) is 5.92 Å². The number of rotatable bonds is 3. The number of hydrogen-bond acceptors (Lipinski definition) is 3. The molecule has 2 aliphatic rings. The monoisotopic (exact) mass is 356 g/mol. The average Bonchev–Trinajstić information content (AvgIpc) is 2.44. The van der Waals surface area contributed by atoms with Crippen molar-refractivity contribution in [3.63, 3.8) is 0 Å². The standard InChI is InChI=1S/C17H28F4O3/c1-11-7-12-9-15(2,8-11)24-6-5-23-14(16(3,19)20)17(21,10-18)13(12)22-4/h11-14H,5-10H2,1-4H3. The summed E-state index contributed by atoms with van der Waals surface area (Å²) in [5.74, 6) is -3.76. The molecule has 0 radical (unpaired) electrons. The van der Waals surface area contributed by atoms with E-state index in [9.17, 15) is 13.2 Å². The minimum Gasteiger partial charge on any atom is -0.378 e. The first-order valence-corrected chi connectivity index (χ1v) is 8.47. The van der Waals surface area contributed by atoms with Crippen LogP contribution in [-0.4, -0.2) is 56.4 Å². The molecule has 1 heterocycles.